The molecule has 0 fully saturated rings. The van der Waals surface area contributed by atoms with Gasteiger partial charge in [-0.05, 0) is 31.2 Å². The normalized spacial score (nSPS) is 10.5. The van der Waals surface area contributed by atoms with Gasteiger partial charge in [0.05, 0.1) is 5.52 Å². The molecule has 0 atom stereocenters. The van der Waals surface area contributed by atoms with Gasteiger partial charge in [-0.3, -0.25) is 9.59 Å². The van der Waals surface area contributed by atoms with Crippen LogP contribution in [0.1, 0.15) is 5.56 Å². The SMILES string of the molecule is Cc1ccc(NC(=O)COc2cccc3ccc(=O)[nH]c23)cc1. The maximum Gasteiger partial charge on any atom is 0.262 e. The number of amides is 1. The van der Waals surface area contributed by atoms with E-state index in [1.165, 1.54) is 6.07 Å². The molecule has 1 aromatic heterocycles. The number of benzene rings is 2. The molecule has 0 saturated carbocycles. The fourth-order valence-electron chi connectivity index (χ4n) is 2.25. The van der Waals surface area contributed by atoms with Crippen molar-refractivity contribution in [3.05, 3.63) is 70.5 Å². The lowest BCUT2D eigenvalue weighted by molar-refractivity contribution is -0.118. The van der Waals surface area contributed by atoms with Gasteiger partial charge in [-0.15, -0.1) is 0 Å². The Morgan fingerprint density at radius 3 is 2.65 bits per heavy atom. The van der Waals surface area contributed by atoms with Crippen LogP contribution in [-0.4, -0.2) is 17.5 Å². The summed E-state index contributed by atoms with van der Waals surface area (Å²) in [7, 11) is 0. The van der Waals surface area contributed by atoms with Crippen molar-refractivity contribution in [3.8, 4) is 5.75 Å². The van der Waals surface area contributed by atoms with E-state index >= 15 is 0 Å². The van der Waals surface area contributed by atoms with Gasteiger partial charge in [0.25, 0.3) is 5.91 Å². The molecule has 0 radical (unpaired) electrons. The van der Waals surface area contributed by atoms with E-state index in [-0.39, 0.29) is 18.1 Å². The third kappa shape index (κ3) is 3.58. The number of aromatic nitrogens is 1. The summed E-state index contributed by atoms with van der Waals surface area (Å²) in [5.41, 5.74) is 2.22. The number of para-hydroxylation sites is 1. The van der Waals surface area contributed by atoms with E-state index in [1.54, 1.807) is 12.1 Å². The Labute approximate surface area is 132 Å². The molecule has 1 amide bonds. The maximum atomic E-state index is 12.0. The number of anilines is 1. The Kier molecular flexibility index (Phi) is 4.10. The number of hydrogen-bond donors (Lipinski definition) is 2. The van der Waals surface area contributed by atoms with E-state index < -0.39 is 0 Å². The number of carbonyl (C=O) groups is 1. The van der Waals surface area contributed by atoms with Gasteiger partial charge in [0.2, 0.25) is 5.56 Å². The fraction of sp³-hybridized carbons (Fsp3) is 0.111. The minimum absolute atomic E-state index is 0.135. The largest absolute Gasteiger partial charge is 0.482 e. The number of pyridine rings is 1. The molecule has 5 nitrogen and oxygen atoms in total. The first-order chi connectivity index (χ1) is 11.1. The van der Waals surface area contributed by atoms with Gasteiger partial charge in [-0.25, -0.2) is 0 Å². The summed E-state index contributed by atoms with van der Waals surface area (Å²) in [4.78, 5) is 26.1. The van der Waals surface area contributed by atoms with Crippen LogP contribution in [-0.2, 0) is 4.79 Å². The molecule has 0 saturated heterocycles. The highest BCUT2D eigenvalue weighted by molar-refractivity contribution is 5.92. The summed E-state index contributed by atoms with van der Waals surface area (Å²) in [5, 5.41) is 3.61. The van der Waals surface area contributed by atoms with Crippen molar-refractivity contribution < 1.29 is 9.53 Å². The van der Waals surface area contributed by atoms with E-state index in [0.29, 0.717) is 11.3 Å². The number of aromatic amines is 1. The van der Waals surface area contributed by atoms with E-state index in [1.807, 2.05) is 43.3 Å². The van der Waals surface area contributed by atoms with Gasteiger partial charge in [0.1, 0.15) is 5.75 Å². The first kappa shape index (κ1) is 14.8. The summed E-state index contributed by atoms with van der Waals surface area (Å²) >= 11 is 0. The number of rotatable bonds is 4. The fourth-order valence-corrected chi connectivity index (χ4v) is 2.25. The van der Waals surface area contributed by atoms with Gasteiger partial charge >= 0.3 is 0 Å². The molecule has 3 rings (SSSR count). The van der Waals surface area contributed by atoms with Crippen LogP contribution < -0.4 is 15.6 Å². The lowest BCUT2D eigenvalue weighted by Crippen LogP contribution is -2.20. The predicted molar refractivity (Wildman–Crippen MR) is 89.9 cm³/mol. The molecule has 0 aliphatic rings. The van der Waals surface area contributed by atoms with Crippen LogP contribution in [0.4, 0.5) is 5.69 Å². The lowest BCUT2D eigenvalue weighted by atomic mass is 10.2. The van der Waals surface area contributed by atoms with Crippen LogP contribution in [0.5, 0.6) is 5.75 Å². The molecule has 0 bridgehead atoms. The molecule has 5 heteroatoms. The Morgan fingerprint density at radius 2 is 1.87 bits per heavy atom. The lowest BCUT2D eigenvalue weighted by Gasteiger charge is -2.09. The number of ether oxygens (including phenoxy) is 1. The van der Waals surface area contributed by atoms with E-state index in [9.17, 15) is 9.59 Å². The molecule has 0 spiro atoms. The number of fused-ring (bicyclic) bond motifs is 1. The second-order valence-electron chi connectivity index (χ2n) is 5.25. The van der Waals surface area contributed by atoms with Crippen LogP contribution in [0.25, 0.3) is 10.9 Å². The van der Waals surface area contributed by atoms with Crippen LogP contribution >= 0.6 is 0 Å². The molecular weight excluding hydrogens is 292 g/mol. The van der Waals surface area contributed by atoms with E-state index in [0.717, 1.165) is 16.6 Å². The average Bonchev–Trinajstić information content (AvgIpc) is 2.55. The minimum atomic E-state index is -0.260. The van der Waals surface area contributed by atoms with Crippen molar-refractivity contribution in [2.45, 2.75) is 6.92 Å². The summed E-state index contributed by atoms with van der Waals surface area (Å²) in [6, 6.07) is 16.1. The second-order valence-corrected chi connectivity index (χ2v) is 5.25. The molecule has 116 valence electrons. The van der Waals surface area contributed by atoms with Gasteiger partial charge in [0, 0.05) is 17.1 Å². The molecule has 0 aliphatic carbocycles. The van der Waals surface area contributed by atoms with Crippen LogP contribution in [0.2, 0.25) is 0 Å². The smallest absolute Gasteiger partial charge is 0.262 e. The van der Waals surface area contributed by atoms with Crippen LogP contribution in [0, 0.1) is 6.92 Å². The molecule has 1 heterocycles. The number of hydrogen-bond acceptors (Lipinski definition) is 3. The summed E-state index contributed by atoms with van der Waals surface area (Å²) in [5.74, 6) is 0.211. The Balaban J connectivity index is 1.70. The van der Waals surface area contributed by atoms with Gasteiger partial charge in [-0.2, -0.15) is 0 Å². The Hall–Kier alpha value is -3.08. The molecular formula is C18H16N2O3. The number of H-pyrrole nitrogens is 1. The van der Waals surface area contributed by atoms with E-state index in [4.69, 9.17) is 4.74 Å². The summed E-state index contributed by atoms with van der Waals surface area (Å²) in [6.07, 6.45) is 0. The van der Waals surface area contributed by atoms with Crippen molar-refractivity contribution in [1.82, 2.24) is 4.98 Å². The number of nitrogens with one attached hydrogen (secondary N) is 2. The van der Waals surface area contributed by atoms with Crippen molar-refractivity contribution in [1.29, 1.82) is 0 Å². The highest BCUT2D eigenvalue weighted by Crippen LogP contribution is 2.22. The zero-order valence-corrected chi connectivity index (χ0v) is 12.6. The van der Waals surface area contributed by atoms with Crippen molar-refractivity contribution in [2.75, 3.05) is 11.9 Å². The van der Waals surface area contributed by atoms with Gasteiger partial charge < -0.3 is 15.0 Å². The highest BCUT2D eigenvalue weighted by Gasteiger charge is 2.07. The molecule has 0 aliphatic heterocycles. The number of aryl methyl sites for hydroxylation is 1. The summed E-state index contributed by atoms with van der Waals surface area (Å²) in [6.45, 7) is 1.85. The monoisotopic (exact) mass is 308 g/mol. The van der Waals surface area contributed by atoms with Crippen molar-refractivity contribution >= 4 is 22.5 Å². The predicted octanol–water partition coefficient (Wildman–Crippen LogP) is 2.85. The molecule has 2 aromatic carbocycles. The highest BCUT2D eigenvalue weighted by atomic mass is 16.5. The molecule has 0 unspecified atom stereocenters. The second kappa shape index (κ2) is 6.36. The standard InChI is InChI=1S/C18H16N2O3/c1-12-5-8-14(9-6-12)19-17(22)11-23-15-4-2-3-13-7-10-16(21)20-18(13)15/h2-10H,11H2,1H3,(H,19,22)(H,20,21). The van der Waals surface area contributed by atoms with Crippen LogP contribution in [0.3, 0.4) is 0 Å². The quantitative estimate of drug-likeness (QED) is 0.778. The summed E-state index contributed by atoms with van der Waals surface area (Å²) < 4.78 is 5.55. The van der Waals surface area contributed by atoms with E-state index in [2.05, 4.69) is 10.3 Å². The molecule has 3 aromatic rings. The molecule has 2 N–H and O–H groups in total. The minimum Gasteiger partial charge on any atom is -0.482 e. The maximum absolute atomic E-state index is 12.0. The number of carbonyl (C=O) groups excluding carboxylic acids is 1. The van der Waals surface area contributed by atoms with Crippen molar-refractivity contribution in [3.63, 3.8) is 0 Å². The Morgan fingerprint density at radius 1 is 1.09 bits per heavy atom. The first-order valence-electron chi connectivity index (χ1n) is 7.23. The zero-order chi connectivity index (χ0) is 16.2. The first-order valence-corrected chi connectivity index (χ1v) is 7.23. The molecule has 23 heavy (non-hydrogen) atoms. The zero-order valence-electron chi connectivity index (χ0n) is 12.6. The van der Waals surface area contributed by atoms with Gasteiger partial charge in [0.15, 0.2) is 6.61 Å². The Bertz CT molecular complexity index is 898. The van der Waals surface area contributed by atoms with Crippen molar-refractivity contribution in [2.24, 2.45) is 0 Å². The van der Waals surface area contributed by atoms with Crippen LogP contribution in [0.15, 0.2) is 59.4 Å². The topological polar surface area (TPSA) is 71.2 Å². The third-order valence-corrected chi connectivity index (χ3v) is 3.42. The third-order valence-electron chi connectivity index (χ3n) is 3.42. The van der Waals surface area contributed by atoms with Gasteiger partial charge in [-0.1, -0.05) is 29.8 Å². The average molecular weight is 308 g/mol.